The van der Waals surface area contributed by atoms with Gasteiger partial charge in [-0.05, 0) is 17.9 Å². The summed E-state index contributed by atoms with van der Waals surface area (Å²) in [6.45, 7) is 2.27. The first kappa shape index (κ1) is 12.2. The molecule has 1 aromatic rings. The minimum absolute atomic E-state index is 0.245. The van der Waals surface area contributed by atoms with E-state index in [9.17, 15) is 9.70 Å². The van der Waals surface area contributed by atoms with Crippen molar-refractivity contribution in [2.75, 3.05) is 6.54 Å². The highest BCUT2D eigenvalue weighted by molar-refractivity contribution is 5.71. The van der Waals surface area contributed by atoms with Gasteiger partial charge < -0.3 is 5.73 Å². The molecule has 0 radical (unpaired) electrons. The van der Waals surface area contributed by atoms with Gasteiger partial charge in [0.2, 0.25) is 0 Å². The average Bonchev–Trinajstić information content (AvgIpc) is 2.30. The smallest absolute Gasteiger partial charge is 0.337 e. The Morgan fingerprint density at radius 3 is 2.56 bits per heavy atom. The van der Waals surface area contributed by atoms with Gasteiger partial charge in [0.1, 0.15) is 0 Å². The maximum atomic E-state index is 10.7. The van der Waals surface area contributed by atoms with Crippen LogP contribution < -0.4 is 5.73 Å². The molecule has 2 amide bonds. The van der Waals surface area contributed by atoms with Crippen LogP contribution in [0.4, 0.5) is 4.79 Å². The minimum Gasteiger partial charge on any atom is -0.350 e. The summed E-state index contributed by atoms with van der Waals surface area (Å²) in [5.41, 5.74) is 6.13. The number of amides is 2. The van der Waals surface area contributed by atoms with Gasteiger partial charge in [0.15, 0.2) is 0 Å². The zero-order chi connectivity index (χ0) is 12.0. The van der Waals surface area contributed by atoms with Gasteiger partial charge in [0.05, 0.1) is 11.8 Å². The number of benzene rings is 1. The minimum atomic E-state index is -0.810. The lowest BCUT2D eigenvalue weighted by Crippen LogP contribution is -2.32. The van der Waals surface area contributed by atoms with E-state index in [2.05, 4.69) is 5.29 Å². The predicted molar refractivity (Wildman–Crippen MR) is 61.6 cm³/mol. The third kappa shape index (κ3) is 3.34. The van der Waals surface area contributed by atoms with Crippen LogP contribution >= 0.6 is 0 Å². The third-order valence-corrected chi connectivity index (χ3v) is 2.50. The van der Waals surface area contributed by atoms with Gasteiger partial charge in [0.25, 0.3) is 0 Å². The van der Waals surface area contributed by atoms with Gasteiger partial charge in [-0.3, -0.25) is 0 Å². The molecule has 1 atom stereocenters. The average molecular weight is 221 g/mol. The number of rotatable bonds is 5. The van der Waals surface area contributed by atoms with Gasteiger partial charge in [-0.15, -0.1) is 4.91 Å². The van der Waals surface area contributed by atoms with E-state index >= 15 is 0 Å². The summed E-state index contributed by atoms with van der Waals surface area (Å²) in [6, 6.07) is 9.06. The van der Waals surface area contributed by atoms with E-state index in [1.807, 2.05) is 37.3 Å². The summed E-state index contributed by atoms with van der Waals surface area (Å²) in [5.74, 6) is 0.254. The molecule has 1 unspecified atom stereocenters. The fourth-order valence-corrected chi connectivity index (χ4v) is 1.46. The number of hydrogen-bond donors (Lipinski definition) is 1. The van der Waals surface area contributed by atoms with Crippen LogP contribution in [0.15, 0.2) is 35.6 Å². The van der Waals surface area contributed by atoms with Crippen molar-refractivity contribution >= 4 is 6.03 Å². The number of hydrogen-bond acceptors (Lipinski definition) is 3. The van der Waals surface area contributed by atoms with Crippen molar-refractivity contribution in [3.8, 4) is 0 Å². The lowest BCUT2D eigenvalue weighted by atomic mass is 9.98. The Morgan fingerprint density at radius 1 is 1.44 bits per heavy atom. The van der Waals surface area contributed by atoms with Crippen LogP contribution in [0.3, 0.4) is 0 Å². The first-order valence-electron chi connectivity index (χ1n) is 5.10. The van der Waals surface area contributed by atoms with E-state index in [0.717, 1.165) is 10.6 Å². The Bertz CT molecular complexity index is 354. The van der Waals surface area contributed by atoms with Crippen molar-refractivity contribution in [3.05, 3.63) is 40.8 Å². The fourth-order valence-electron chi connectivity index (χ4n) is 1.46. The zero-order valence-corrected chi connectivity index (χ0v) is 9.17. The van der Waals surface area contributed by atoms with Gasteiger partial charge in [-0.25, -0.2) is 4.79 Å². The maximum Gasteiger partial charge on any atom is 0.337 e. The highest BCUT2D eigenvalue weighted by Crippen LogP contribution is 2.18. The molecule has 86 valence electrons. The molecule has 0 fully saturated rings. The highest BCUT2D eigenvalue weighted by Gasteiger charge is 2.12. The van der Waals surface area contributed by atoms with Crippen LogP contribution in [0.1, 0.15) is 24.8 Å². The molecular formula is C11H15N3O2. The van der Waals surface area contributed by atoms with Crippen molar-refractivity contribution in [2.45, 2.75) is 19.3 Å². The standard InChI is InChI=1S/C11H15N3O2/c1-9(10-5-3-2-4-6-10)7-8-14(13-16)11(12)15/h2-6,9H,7-8H2,1H3,(H2,12,15). The van der Waals surface area contributed by atoms with Gasteiger partial charge >= 0.3 is 6.03 Å². The first-order valence-corrected chi connectivity index (χ1v) is 5.10. The van der Waals surface area contributed by atoms with Crippen molar-refractivity contribution in [1.29, 1.82) is 0 Å². The molecule has 1 rings (SSSR count). The number of nitroso groups, excluding NO2 is 1. The summed E-state index contributed by atoms with van der Waals surface area (Å²) in [4.78, 5) is 21.0. The molecule has 0 aliphatic rings. The molecule has 1 aromatic carbocycles. The maximum absolute atomic E-state index is 10.7. The molecule has 5 nitrogen and oxygen atoms in total. The first-order chi connectivity index (χ1) is 7.65. The van der Waals surface area contributed by atoms with Crippen molar-refractivity contribution in [2.24, 2.45) is 11.0 Å². The summed E-state index contributed by atoms with van der Waals surface area (Å²) < 4.78 is 0. The Labute approximate surface area is 94.2 Å². The Kier molecular flexibility index (Phi) is 4.44. The van der Waals surface area contributed by atoms with Crippen molar-refractivity contribution in [1.82, 2.24) is 5.01 Å². The van der Waals surface area contributed by atoms with Gasteiger partial charge in [-0.2, -0.15) is 5.01 Å². The van der Waals surface area contributed by atoms with E-state index in [4.69, 9.17) is 5.73 Å². The van der Waals surface area contributed by atoms with Crippen LogP contribution in [-0.2, 0) is 0 Å². The summed E-state index contributed by atoms with van der Waals surface area (Å²) in [7, 11) is 0. The molecule has 0 aliphatic heterocycles. The molecule has 0 aromatic heterocycles. The molecule has 2 N–H and O–H groups in total. The van der Waals surface area contributed by atoms with E-state index in [-0.39, 0.29) is 12.5 Å². The number of nitrogens with two attached hydrogens (primary N) is 1. The zero-order valence-electron chi connectivity index (χ0n) is 9.17. The number of urea groups is 1. The number of carbonyl (C=O) groups is 1. The predicted octanol–water partition coefficient (Wildman–Crippen LogP) is 2.24. The molecule has 5 heteroatoms. The molecule has 16 heavy (non-hydrogen) atoms. The second-order valence-corrected chi connectivity index (χ2v) is 3.64. The Morgan fingerprint density at radius 2 is 2.06 bits per heavy atom. The van der Waals surface area contributed by atoms with Gasteiger partial charge in [-0.1, -0.05) is 37.3 Å². The van der Waals surface area contributed by atoms with Crippen molar-refractivity contribution < 1.29 is 4.79 Å². The Balaban J connectivity index is 2.49. The summed E-state index contributed by atoms with van der Waals surface area (Å²) in [5, 5.41) is 3.30. The molecule has 0 saturated heterocycles. The molecule has 0 aliphatic carbocycles. The number of primary amides is 1. The number of carbonyl (C=O) groups excluding carboxylic acids is 1. The second kappa shape index (κ2) is 5.85. The van der Waals surface area contributed by atoms with Crippen LogP contribution in [0.5, 0.6) is 0 Å². The molecule has 0 spiro atoms. The molecule has 0 heterocycles. The van der Waals surface area contributed by atoms with E-state index < -0.39 is 6.03 Å². The normalized spacial score (nSPS) is 11.8. The van der Waals surface area contributed by atoms with Crippen LogP contribution in [0.2, 0.25) is 0 Å². The largest absolute Gasteiger partial charge is 0.350 e. The summed E-state index contributed by atoms with van der Waals surface area (Å²) >= 11 is 0. The Hall–Kier alpha value is -1.91. The molecule has 0 bridgehead atoms. The fraction of sp³-hybridized carbons (Fsp3) is 0.364. The third-order valence-electron chi connectivity index (χ3n) is 2.50. The van der Waals surface area contributed by atoms with Crippen LogP contribution in [0.25, 0.3) is 0 Å². The van der Waals surface area contributed by atoms with Crippen LogP contribution in [-0.4, -0.2) is 17.6 Å². The monoisotopic (exact) mass is 221 g/mol. The quantitative estimate of drug-likeness (QED) is 0.611. The van der Waals surface area contributed by atoms with Crippen molar-refractivity contribution in [3.63, 3.8) is 0 Å². The van der Waals surface area contributed by atoms with E-state index in [1.165, 1.54) is 0 Å². The van der Waals surface area contributed by atoms with Gasteiger partial charge in [0, 0.05) is 0 Å². The lowest BCUT2D eigenvalue weighted by molar-refractivity contribution is 0.207. The highest BCUT2D eigenvalue weighted by atomic mass is 16.3. The second-order valence-electron chi connectivity index (χ2n) is 3.64. The van der Waals surface area contributed by atoms with E-state index in [1.54, 1.807) is 0 Å². The topological polar surface area (TPSA) is 75.8 Å². The van der Waals surface area contributed by atoms with E-state index in [0.29, 0.717) is 6.42 Å². The molecular weight excluding hydrogens is 206 g/mol. The SMILES string of the molecule is CC(CCN(N=O)C(N)=O)c1ccccc1. The lowest BCUT2D eigenvalue weighted by Gasteiger charge is -2.15. The number of nitrogens with zero attached hydrogens (tertiary/aromatic N) is 2. The van der Waals surface area contributed by atoms with Crippen LogP contribution in [0, 0.1) is 4.91 Å². The summed E-state index contributed by atoms with van der Waals surface area (Å²) in [6.07, 6.45) is 0.651. The molecule has 0 saturated carbocycles.